The molecule has 0 N–H and O–H groups in total. The molecule has 0 atom stereocenters. The zero-order chi connectivity index (χ0) is 32.7. The van der Waals surface area contributed by atoms with Crippen LogP contribution in [0.25, 0.3) is 89.8 Å². The molecule has 6 aromatic carbocycles. The average Bonchev–Trinajstić information content (AvgIpc) is 3.84. The van der Waals surface area contributed by atoms with Crippen LogP contribution in [0.1, 0.15) is 25.0 Å². The van der Waals surface area contributed by atoms with E-state index >= 15 is 0 Å². The minimum absolute atomic E-state index is 0.135. The topological polar surface area (TPSA) is 77.8 Å². The number of hydrogen-bond acceptors (Lipinski definition) is 6. The molecular weight excluding hydrogens is 604 g/mol. The normalized spacial score (nSPS) is 13.3. The van der Waals surface area contributed by atoms with Crippen LogP contribution in [0.15, 0.2) is 142 Å². The van der Waals surface area contributed by atoms with Crippen LogP contribution in [0.2, 0.25) is 0 Å². The maximum atomic E-state index is 6.27. The van der Waals surface area contributed by atoms with E-state index in [-0.39, 0.29) is 5.41 Å². The molecule has 9 aromatic rings. The van der Waals surface area contributed by atoms with E-state index in [4.69, 9.17) is 28.8 Å². The number of benzene rings is 6. The van der Waals surface area contributed by atoms with Gasteiger partial charge in [-0.3, -0.25) is 0 Å². The smallest absolute Gasteiger partial charge is 0.227 e. The SMILES string of the molecule is CC1(C)c2ccccc2-c2ccc(-c3nc(-c4cc(-c5nc6ccccc6o5)cc(-c5nc6ccccc6o5)c4)c4ccccc4n3)cc21. The standard InChI is InChI=1S/C43H28N4O2/c1-43(2)32-13-5-3-11-29(32)30-20-19-25(24-33(30)43)40-44-34-14-6-4-12-31(34)39(47-40)26-21-27(41-45-35-15-7-9-17-37(35)48-41)23-28(22-26)42-46-36-16-8-10-18-38(36)49-42/h3-24H,1-2H3. The first-order valence-electron chi connectivity index (χ1n) is 16.4. The summed E-state index contributed by atoms with van der Waals surface area (Å²) in [4.78, 5) is 20.1. The molecule has 3 heterocycles. The fourth-order valence-corrected chi connectivity index (χ4v) is 7.27. The van der Waals surface area contributed by atoms with Crippen molar-refractivity contribution in [2.24, 2.45) is 0 Å². The molecule has 10 rings (SSSR count). The fraction of sp³-hybridized carbons (Fsp3) is 0.0698. The van der Waals surface area contributed by atoms with Crippen molar-refractivity contribution in [1.82, 2.24) is 19.9 Å². The monoisotopic (exact) mass is 632 g/mol. The van der Waals surface area contributed by atoms with E-state index in [1.54, 1.807) is 0 Å². The van der Waals surface area contributed by atoms with Gasteiger partial charge in [-0.05, 0) is 76.9 Å². The molecule has 6 heteroatoms. The van der Waals surface area contributed by atoms with Crippen molar-refractivity contribution >= 4 is 33.1 Å². The average molecular weight is 633 g/mol. The van der Waals surface area contributed by atoms with Crippen molar-refractivity contribution in [3.05, 3.63) is 145 Å². The quantitative estimate of drug-likeness (QED) is 0.192. The van der Waals surface area contributed by atoms with E-state index in [1.807, 2.05) is 72.8 Å². The van der Waals surface area contributed by atoms with E-state index < -0.39 is 0 Å². The third-order valence-corrected chi connectivity index (χ3v) is 9.73. The molecule has 49 heavy (non-hydrogen) atoms. The van der Waals surface area contributed by atoms with Gasteiger partial charge in [-0.15, -0.1) is 0 Å². The van der Waals surface area contributed by atoms with Crippen LogP contribution in [0.3, 0.4) is 0 Å². The lowest BCUT2D eigenvalue weighted by atomic mass is 9.82. The van der Waals surface area contributed by atoms with Gasteiger partial charge in [0.1, 0.15) is 11.0 Å². The fourth-order valence-electron chi connectivity index (χ4n) is 7.27. The third-order valence-electron chi connectivity index (χ3n) is 9.73. The second-order valence-electron chi connectivity index (χ2n) is 13.1. The number of fused-ring (bicyclic) bond motifs is 6. The van der Waals surface area contributed by atoms with Crippen LogP contribution in [0.4, 0.5) is 0 Å². The lowest BCUT2D eigenvalue weighted by Gasteiger charge is -2.21. The van der Waals surface area contributed by atoms with Crippen LogP contribution < -0.4 is 0 Å². The van der Waals surface area contributed by atoms with Crippen LogP contribution in [-0.2, 0) is 5.41 Å². The van der Waals surface area contributed by atoms with Gasteiger partial charge in [0.15, 0.2) is 17.0 Å². The molecule has 0 unspecified atom stereocenters. The highest BCUT2D eigenvalue weighted by Crippen LogP contribution is 2.49. The maximum absolute atomic E-state index is 6.27. The van der Waals surface area contributed by atoms with E-state index in [2.05, 4.69) is 74.5 Å². The Bertz CT molecular complexity index is 2610. The van der Waals surface area contributed by atoms with Gasteiger partial charge < -0.3 is 8.83 Å². The third kappa shape index (κ3) is 4.34. The summed E-state index contributed by atoms with van der Waals surface area (Å²) in [7, 11) is 0. The Morgan fingerprint density at radius 3 is 1.71 bits per heavy atom. The molecule has 0 amide bonds. The van der Waals surface area contributed by atoms with Gasteiger partial charge in [-0.25, -0.2) is 19.9 Å². The summed E-state index contributed by atoms with van der Waals surface area (Å²) in [6, 6.07) is 45.2. The van der Waals surface area contributed by atoms with Crippen molar-refractivity contribution in [3.63, 3.8) is 0 Å². The zero-order valence-corrected chi connectivity index (χ0v) is 26.8. The minimum Gasteiger partial charge on any atom is -0.436 e. The number of nitrogens with zero attached hydrogens (tertiary/aromatic N) is 4. The number of rotatable bonds is 4. The highest BCUT2D eigenvalue weighted by Gasteiger charge is 2.35. The van der Waals surface area contributed by atoms with Crippen molar-refractivity contribution in [2.45, 2.75) is 19.3 Å². The molecule has 0 saturated carbocycles. The number of para-hydroxylation sites is 5. The summed E-state index contributed by atoms with van der Waals surface area (Å²) < 4.78 is 12.5. The molecule has 6 nitrogen and oxygen atoms in total. The summed E-state index contributed by atoms with van der Waals surface area (Å²) in [5.74, 6) is 1.69. The first kappa shape index (κ1) is 27.7. The summed E-state index contributed by atoms with van der Waals surface area (Å²) in [5, 5.41) is 0.943. The zero-order valence-electron chi connectivity index (χ0n) is 26.8. The summed E-state index contributed by atoms with van der Waals surface area (Å²) >= 11 is 0. The Labute approximate surface area is 281 Å². The van der Waals surface area contributed by atoms with Crippen molar-refractivity contribution in [3.8, 4) is 56.7 Å². The van der Waals surface area contributed by atoms with Gasteiger partial charge in [0.25, 0.3) is 0 Å². The minimum atomic E-state index is -0.135. The van der Waals surface area contributed by atoms with E-state index in [1.165, 1.54) is 22.3 Å². The van der Waals surface area contributed by atoms with Crippen LogP contribution in [0.5, 0.6) is 0 Å². The van der Waals surface area contributed by atoms with E-state index in [0.717, 1.165) is 61.1 Å². The molecule has 0 spiro atoms. The maximum Gasteiger partial charge on any atom is 0.227 e. The van der Waals surface area contributed by atoms with Crippen molar-refractivity contribution in [2.75, 3.05) is 0 Å². The predicted octanol–water partition coefficient (Wildman–Crippen LogP) is 10.9. The highest BCUT2D eigenvalue weighted by atomic mass is 16.4. The molecule has 0 aliphatic heterocycles. The van der Waals surface area contributed by atoms with Crippen LogP contribution >= 0.6 is 0 Å². The Morgan fingerprint density at radius 1 is 0.449 bits per heavy atom. The largest absolute Gasteiger partial charge is 0.436 e. The van der Waals surface area contributed by atoms with Crippen molar-refractivity contribution < 1.29 is 8.83 Å². The summed E-state index contributed by atoms with van der Waals surface area (Å²) in [6.45, 7) is 4.58. The molecule has 0 fully saturated rings. The van der Waals surface area contributed by atoms with Gasteiger partial charge in [0.05, 0.1) is 11.2 Å². The summed E-state index contributed by atoms with van der Waals surface area (Å²) in [5.41, 5.74) is 13.2. The first-order valence-corrected chi connectivity index (χ1v) is 16.4. The number of hydrogen-bond donors (Lipinski definition) is 0. The van der Waals surface area contributed by atoms with E-state index in [0.29, 0.717) is 17.6 Å². The lowest BCUT2D eigenvalue weighted by Crippen LogP contribution is -2.15. The highest BCUT2D eigenvalue weighted by molar-refractivity contribution is 5.96. The van der Waals surface area contributed by atoms with Crippen LogP contribution in [-0.4, -0.2) is 19.9 Å². The Morgan fingerprint density at radius 2 is 1.02 bits per heavy atom. The number of aromatic nitrogens is 4. The van der Waals surface area contributed by atoms with Gasteiger partial charge in [0, 0.05) is 33.1 Å². The van der Waals surface area contributed by atoms with Gasteiger partial charge in [-0.1, -0.05) is 92.7 Å². The molecule has 3 aromatic heterocycles. The molecular formula is C43H28N4O2. The van der Waals surface area contributed by atoms with Gasteiger partial charge in [0.2, 0.25) is 11.8 Å². The molecule has 1 aliphatic rings. The van der Waals surface area contributed by atoms with Crippen LogP contribution in [0, 0.1) is 0 Å². The predicted molar refractivity (Wildman–Crippen MR) is 194 cm³/mol. The second-order valence-corrected chi connectivity index (χ2v) is 13.1. The molecule has 232 valence electrons. The van der Waals surface area contributed by atoms with E-state index in [9.17, 15) is 0 Å². The molecule has 0 saturated heterocycles. The first-order chi connectivity index (χ1) is 24.0. The number of oxazole rings is 2. The molecule has 1 aliphatic carbocycles. The Kier molecular flexibility index (Phi) is 5.82. The summed E-state index contributed by atoms with van der Waals surface area (Å²) in [6.07, 6.45) is 0. The Hall–Kier alpha value is -6.40. The second kappa shape index (κ2) is 10.3. The Balaban J connectivity index is 1.19. The molecule has 0 radical (unpaired) electrons. The van der Waals surface area contributed by atoms with Gasteiger partial charge >= 0.3 is 0 Å². The van der Waals surface area contributed by atoms with Gasteiger partial charge in [-0.2, -0.15) is 0 Å². The molecule has 0 bridgehead atoms. The van der Waals surface area contributed by atoms with Crippen molar-refractivity contribution in [1.29, 1.82) is 0 Å². The lowest BCUT2D eigenvalue weighted by molar-refractivity contribution is 0.617.